The lowest BCUT2D eigenvalue weighted by Gasteiger charge is -2.34. The highest BCUT2D eigenvalue weighted by Crippen LogP contribution is 2.37. The summed E-state index contributed by atoms with van der Waals surface area (Å²) in [5.41, 5.74) is 10.9. The van der Waals surface area contributed by atoms with Crippen LogP contribution in [0.4, 0.5) is 27.7 Å². The molecule has 0 radical (unpaired) electrons. The van der Waals surface area contributed by atoms with Crippen LogP contribution in [0.1, 0.15) is 57.7 Å². The monoisotopic (exact) mass is 722 g/mol. The molecule has 0 spiro atoms. The number of aromatic nitrogens is 3. The second-order valence-electron chi connectivity index (χ2n) is 13.0. The van der Waals surface area contributed by atoms with Crippen LogP contribution in [0.25, 0.3) is 5.65 Å². The third kappa shape index (κ3) is 7.23. The summed E-state index contributed by atoms with van der Waals surface area (Å²) in [6.45, 7) is 3.86. The number of halogens is 1. The van der Waals surface area contributed by atoms with Crippen molar-refractivity contribution in [3.8, 4) is 11.8 Å². The number of nitrogens with zero attached hydrogens (tertiary/aromatic N) is 7. The zero-order valence-electron chi connectivity index (χ0n) is 28.8. The molecule has 0 bridgehead atoms. The molecule has 4 aromatic rings. The van der Waals surface area contributed by atoms with Crippen molar-refractivity contribution in [1.29, 1.82) is 0 Å². The molecular weight excluding hydrogens is 684 g/mol. The summed E-state index contributed by atoms with van der Waals surface area (Å²) in [5.74, 6) is 6.28. The number of carbonyl (C=O) groups is 4. The zero-order valence-corrected chi connectivity index (χ0v) is 29.6. The Hall–Kier alpha value is -5.65. The Morgan fingerprint density at radius 1 is 0.962 bits per heavy atom. The lowest BCUT2D eigenvalue weighted by molar-refractivity contribution is -0.120. The van der Waals surface area contributed by atoms with Crippen LogP contribution in [0.3, 0.4) is 0 Å². The number of benzene rings is 2. The van der Waals surface area contributed by atoms with Gasteiger partial charge in [-0.3, -0.25) is 29.5 Å². The minimum Gasteiger partial charge on any atom is -0.385 e. The first-order chi connectivity index (χ1) is 25.2. The maximum atomic E-state index is 13.4. The van der Waals surface area contributed by atoms with Crippen molar-refractivity contribution in [2.75, 3.05) is 68.0 Å². The molecule has 4 aliphatic rings. The lowest BCUT2D eigenvalue weighted by Crippen LogP contribution is -2.50. The Kier molecular flexibility index (Phi) is 9.97. The summed E-state index contributed by atoms with van der Waals surface area (Å²) in [6.07, 6.45) is 6.88. The second kappa shape index (κ2) is 14.9. The first kappa shape index (κ1) is 34.8. The molecular formula is C37H39ClN10O4. The Balaban J connectivity index is 0.00000133. The van der Waals surface area contributed by atoms with E-state index >= 15 is 0 Å². The van der Waals surface area contributed by atoms with Gasteiger partial charge in [0.05, 0.1) is 29.1 Å². The van der Waals surface area contributed by atoms with Gasteiger partial charge in [-0.1, -0.05) is 48.8 Å². The maximum Gasteiger partial charge on any atom is 0.328 e. The quantitative estimate of drug-likeness (QED) is 0.253. The first-order valence-corrected chi connectivity index (χ1v) is 17.8. The molecule has 0 atom stereocenters. The van der Waals surface area contributed by atoms with E-state index in [9.17, 15) is 19.2 Å². The molecule has 268 valence electrons. The van der Waals surface area contributed by atoms with E-state index in [-0.39, 0.29) is 30.5 Å². The highest BCUT2D eigenvalue weighted by molar-refractivity contribution is 6.34. The maximum absolute atomic E-state index is 13.4. The van der Waals surface area contributed by atoms with E-state index in [1.54, 1.807) is 30.1 Å². The van der Waals surface area contributed by atoms with E-state index < -0.39 is 11.9 Å². The van der Waals surface area contributed by atoms with Gasteiger partial charge in [0.2, 0.25) is 5.91 Å². The molecule has 1 saturated carbocycles. The number of amides is 5. The molecule has 2 saturated heterocycles. The number of nitrogens with one attached hydrogen (secondary N) is 2. The molecule has 5 heterocycles. The van der Waals surface area contributed by atoms with Crippen LogP contribution in [0, 0.1) is 11.8 Å². The number of imidazole rings is 1. The average Bonchev–Trinajstić information content (AvgIpc) is 3.86. The van der Waals surface area contributed by atoms with E-state index in [4.69, 9.17) is 22.4 Å². The number of rotatable bonds is 6. The Morgan fingerprint density at radius 2 is 1.73 bits per heavy atom. The van der Waals surface area contributed by atoms with Crippen LogP contribution >= 0.6 is 11.6 Å². The third-order valence-electron chi connectivity index (χ3n) is 9.36. The fourth-order valence-corrected chi connectivity index (χ4v) is 6.63. The molecule has 5 amide bonds. The number of hydrogen-bond acceptors (Lipinski definition) is 9. The van der Waals surface area contributed by atoms with Crippen molar-refractivity contribution in [3.05, 3.63) is 76.1 Å². The van der Waals surface area contributed by atoms with Gasteiger partial charge in [0.15, 0.2) is 11.5 Å². The van der Waals surface area contributed by atoms with Crippen molar-refractivity contribution in [2.24, 2.45) is 5.73 Å². The SMILES string of the molecule is C1CC1.CNc1cc(N2CCc3c(C#CCN4CCN(C(=O)c5ccc(Cl)c(N6CCC(=O)NC6=O)c5)CC4)cccc32)nn2c(C(N)=O)cnc12. The van der Waals surface area contributed by atoms with Crippen LogP contribution < -0.4 is 26.2 Å². The average molecular weight is 723 g/mol. The molecule has 0 unspecified atom stereocenters. The number of fused-ring (bicyclic) bond motifs is 2. The lowest BCUT2D eigenvalue weighted by atomic mass is 10.1. The number of imide groups is 1. The molecule has 52 heavy (non-hydrogen) atoms. The van der Waals surface area contributed by atoms with Crippen molar-refractivity contribution >= 4 is 63.9 Å². The Morgan fingerprint density at radius 3 is 2.44 bits per heavy atom. The van der Waals surface area contributed by atoms with E-state index in [0.29, 0.717) is 67.0 Å². The van der Waals surface area contributed by atoms with E-state index in [0.717, 1.165) is 28.9 Å². The van der Waals surface area contributed by atoms with Gasteiger partial charge in [0.25, 0.3) is 11.8 Å². The number of nitrogens with two attached hydrogens (primary N) is 1. The van der Waals surface area contributed by atoms with Crippen molar-refractivity contribution in [1.82, 2.24) is 29.7 Å². The highest BCUT2D eigenvalue weighted by atomic mass is 35.5. The summed E-state index contributed by atoms with van der Waals surface area (Å²) in [6, 6.07) is 12.3. The minimum atomic E-state index is -0.604. The van der Waals surface area contributed by atoms with Crippen molar-refractivity contribution in [2.45, 2.75) is 32.1 Å². The molecule has 8 rings (SSSR count). The van der Waals surface area contributed by atoms with Gasteiger partial charge < -0.3 is 20.9 Å². The van der Waals surface area contributed by atoms with Crippen molar-refractivity contribution in [3.63, 3.8) is 0 Å². The number of anilines is 4. The molecule has 3 fully saturated rings. The molecule has 2 aromatic carbocycles. The van der Waals surface area contributed by atoms with Gasteiger partial charge in [0, 0.05) is 75.6 Å². The molecule has 1 aliphatic carbocycles. The smallest absolute Gasteiger partial charge is 0.328 e. The predicted molar refractivity (Wildman–Crippen MR) is 198 cm³/mol. The fourth-order valence-electron chi connectivity index (χ4n) is 6.41. The fraction of sp³-hybridized carbons (Fsp3) is 0.351. The standard InChI is InChI=1S/C34H33ClN10O4.C3H6/c1-37-25-19-29(40-45-28(31(36)47)20-38-32(25)45)43-12-9-23-21(4-2-6-26(23)43)5-3-11-41-14-16-42(17-15-41)33(48)22-7-8-24(35)27(18-22)44-13-10-30(46)39-34(44)49;1-2-3-1/h2,4,6-8,18-20,37H,9-17H2,1H3,(H2,36,47)(H,39,46,49);1-3H2. The highest BCUT2D eigenvalue weighted by Gasteiger charge is 2.29. The van der Waals surface area contributed by atoms with E-state index in [1.165, 1.54) is 34.9 Å². The molecule has 2 aromatic heterocycles. The molecule has 4 N–H and O–H groups in total. The van der Waals surface area contributed by atoms with Gasteiger partial charge in [0.1, 0.15) is 5.69 Å². The Labute approximate surface area is 305 Å². The number of primary amides is 1. The summed E-state index contributed by atoms with van der Waals surface area (Å²) in [5, 5.41) is 10.5. The Bertz CT molecular complexity index is 2130. The van der Waals surface area contributed by atoms with Gasteiger partial charge in [-0.25, -0.2) is 14.3 Å². The topological polar surface area (TPSA) is 162 Å². The van der Waals surface area contributed by atoms with Crippen LogP contribution in [0.15, 0.2) is 48.7 Å². The summed E-state index contributed by atoms with van der Waals surface area (Å²) < 4.78 is 1.48. The van der Waals surface area contributed by atoms with Crippen LogP contribution in [0.5, 0.6) is 0 Å². The molecule has 3 aliphatic heterocycles. The number of urea groups is 1. The third-order valence-corrected chi connectivity index (χ3v) is 9.68. The van der Waals surface area contributed by atoms with Crippen molar-refractivity contribution < 1.29 is 19.2 Å². The normalized spacial score (nSPS) is 16.8. The van der Waals surface area contributed by atoms with Crippen LogP contribution in [-0.4, -0.2) is 101 Å². The van der Waals surface area contributed by atoms with Gasteiger partial charge in [-0.2, -0.15) is 0 Å². The number of piperazine rings is 1. The summed E-state index contributed by atoms with van der Waals surface area (Å²) in [4.78, 5) is 61.1. The van der Waals surface area contributed by atoms with E-state index in [2.05, 4.69) is 37.3 Å². The van der Waals surface area contributed by atoms with Gasteiger partial charge in [-0.15, -0.1) is 5.10 Å². The first-order valence-electron chi connectivity index (χ1n) is 17.4. The second-order valence-corrected chi connectivity index (χ2v) is 13.4. The molecule has 14 nitrogen and oxygen atoms in total. The van der Waals surface area contributed by atoms with E-state index in [1.807, 2.05) is 24.3 Å². The summed E-state index contributed by atoms with van der Waals surface area (Å²) in [7, 11) is 1.79. The van der Waals surface area contributed by atoms with Crippen LogP contribution in [-0.2, 0) is 11.2 Å². The summed E-state index contributed by atoms with van der Waals surface area (Å²) >= 11 is 6.37. The molecule has 15 heteroatoms. The largest absolute Gasteiger partial charge is 0.385 e. The van der Waals surface area contributed by atoms with Gasteiger partial charge in [-0.05, 0) is 42.3 Å². The number of hydrogen-bond donors (Lipinski definition) is 3. The van der Waals surface area contributed by atoms with Crippen LogP contribution in [0.2, 0.25) is 5.02 Å². The van der Waals surface area contributed by atoms with Gasteiger partial charge >= 0.3 is 6.03 Å². The zero-order chi connectivity index (χ0) is 36.4. The minimum absolute atomic E-state index is 0.143. The number of carbonyl (C=O) groups excluding carboxylic acids is 4. The predicted octanol–water partition coefficient (Wildman–Crippen LogP) is 3.64.